The lowest BCUT2D eigenvalue weighted by Crippen LogP contribution is -1.98. The zero-order chi connectivity index (χ0) is 16.2. The van der Waals surface area contributed by atoms with Crippen molar-refractivity contribution < 1.29 is 4.74 Å². The highest BCUT2D eigenvalue weighted by Crippen LogP contribution is 2.27. The van der Waals surface area contributed by atoms with Gasteiger partial charge >= 0.3 is 0 Å². The topological polar surface area (TPSA) is 47.9 Å². The van der Waals surface area contributed by atoms with Crippen LogP contribution in [0, 0.1) is 13.8 Å². The van der Waals surface area contributed by atoms with Gasteiger partial charge in [-0.15, -0.1) is 0 Å². The Morgan fingerprint density at radius 2 is 1.26 bits per heavy atom. The Balaban J connectivity index is 2.13. The Bertz CT molecular complexity index is 767. The molecule has 23 heavy (non-hydrogen) atoms. The van der Waals surface area contributed by atoms with Gasteiger partial charge in [-0.1, -0.05) is 12.1 Å². The molecule has 3 heterocycles. The van der Waals surface area contributed by atoms with E-state index in [0.29, 0.717) is 6.61 Å². The highest BCUT2D eigenvalue weighted by Gasteiger charge is 2.10. The molecule has 0 fully saturated rings. The van der Waals surface area contributed by atoms with Crippen LogP contribution in [0.5, 0.6) is 5.75 Å². The van der Waals surface area contributed by atoms with Crippen molar-refractivity contribution in [3.8, 4) is 28.5 Å². The van der Waals surface area contributed by atoms with Crippen molar-refractivity contribution >= 4 is 0 Å². The number of aromatic nitrogens is 3. The quantitative estimate of drug-likeness (QED) is 0.724. The second-order valence-corrected chi connectivity index (χ2v) is 5.33. The second kappa shape index (κ2) is 6.57. The molecule has 0 atom stereocenters. The highest BCUT2D eigenvalue weighted by atomic mass is 16.5. The van der Waals surface area contributed by atoms with Gasteiger partial charge in [-0.05, 0) is 45.0 Å². The third kappa shape index (κ3) is 3.54. The molecule has 0 aliphatic rings. The number of ether oxygens (including phenoxy) is 1. The maximum absolute atomic E-state index is 5.70. The lowest BCUT2D eigenvalue weighted by Gasteiger charge is -2.10. The van der Waals surface area contributed by atoms with E-state index >= 15 is 0 Å². The van der Waals surface area contributed by atoms with Crippen molar-refractivity contribution in [3.05, 3.63) is 59.9 Å². The molecule has 0 aromatic carbocycles. The highest BCUT2D eigenvalue weighted by molar-refractivity contribution is 5.64. The summed E-state index contributed by atoms with van der Waals surface area (Å²) in [6, 6.07) is 15.7. The first-order chi connectivity index (χ1) is 11.2. The van der Waals surface area contributed by atoms with E-state index in [-0.39, 0.29) is 0 Å². The summed E-state index contributed by atoms with van der Waals surface area (Å²) in [7, 11) is 0. The number of hydrogen-bond donors (Lipinski definition) is 0. The smallest absolute Gasteiger partial charge is 0.123 e. The van der Waals surface area contributed by atoms with Crippen LogP contribution in [0.2, 0.25) is 0 Å². The van der Waals surface area contributed by atoms with Gasteiger partial charge in [0.25, 0.3) is 0 Å². The largest absolute Gasteiger partial charge is 0.494 e. The van der Waals surface area contributed by atoms with E-state index < -0.39 is 0 Å². The average Bonchev–Trinajstić information content (AvgIpc) is 2.55. The number of rotatable bonds is 4. The SMILES string of the molecule is CCOc1cc(-c2cccc(C)n2)nc(-c2cccc(C)n2)c1. The summed E-state index contributed by atoms with van der Waals surface area (Å²) in [5.74, 6) is 0.777. The van der Waals surface area contributed by atoms with E-state index in [1.807, 2.05) is 69.3 Å². The molecule has 0 aliphatic carbocycles. The molecule has 0 spiro atoms. The van der Waals surface area contributed by atoms with E-state index in [1.54, 1.807) is 0 Å². The Morgan fingerprint density at radius 3 is 1.70 bits per heavy atom. The maximum atomic E-state index is 5.70. The van der Waals surface area contributed by atoms with Crippen molar-refractivity contribution in [2.75, 3.05) is 6.61 Å². The second-order valence-electron chi connectivity index (χ2n) is 5.33. The van der Waals surface area contributed by atoms with Gasteiger partial charge in [0.2, 0.25) is 0 Å². The molecule has 0 aliphatic heterocycles. The monoisotopic (exact) mass is 305 g/mol. The van der Waals surface area contributed by atoms with Gasteiger partial charge in [-0.2, -0.15) is 0 Å². The fraction of sp³-hybridized carbons (Fsp3) is 0.211. The van der Waals surface area contributed by atoms with Gasteiger partial charge in [-0.3, -0.25) is 9.97 Å². The first-order valence-electron chi connectivity index (χ1n) is 7.68. The normalized spacial score (nSPS) is 10.6. The molecule has 0 amide bonds. The van der Waals surface area contributed by atoms with Crippen LogP contribution in [0.15, 0.2) is 48.5 Å². The molecule has 0 unspecified atom stereocenters. The van der Waals surface area contributed by atoms with E-state index in [1.165, 1.54) is 0 Å². The Hall–Kier alpha value is -2.75. The van der Waals surface area contributed by atoms with Gasteiger partial charge in [0.15, 0.2) is 0 Å². The van der Waals surface area contributed by atoms with Crippen LogP contribution in [-0.2, 0) is 0 Å². The van der Waals surface area contributed by atoms with Crippen molar-refractivity contribution in [1.82, 2.24) is 15.0 Å². The van der Waals surface area contributed by atoms with Crippen LogP contribution in [-0.4, -0.2) is 21.6 Å². The van der Waals surface area contributed by atoms with Gasteiger partial charge in [0, 0.05) is 23.5 Å². The van der Waals surface area contributed by atoms with Crippen LogP contribution in [0.3, 0.4) is 0 Å². The summed E-state index contributed by atoms with van der Waals surface area (Å²) in [4.78, 5) is 13.9. The third-order valence-corrected chi connectivity index (χ3v) is 3.41. The van der Waals surface area contributed by atoms with Crippen LogP contribution in [0.4, 0.5) is 0 Å². The predicted molar refractivity (Wildman–Crippen MR) is 91.3 cm³/mol. The molecule has 4 heteroatoms. The third-order valence-electron chi connectivity index (χ3n) is 3.41. The zero-order valence-electron chi connectivity index (χ0n) is 13.6. The molecule has 0 bridgehead atoms. The minimum absolute atomic E-state index is 0.603. The van der Waals surface area contributed by atoms with Crippen molar-refractivity contribution in [2.24, 2.45) is 0 Å². The van der Waals surface area contributed by atoms with E-state index in [4.69, 9.17) is 9.72 Å². The molecule has 3 aromatic heterocycles. The van der Waals surface area contributed by atoms with E-state index in [9.17, 15) is 0 Å². The predicted octanol–water partition coefficient (Wildman–Crippen LogP) is 4.22. The molecule has 3 aromatic rings. The van der Waals surface area contributed by atoms with Crippen LogP contribution in [0.25, 0.3) is 22.8 Å². The zero-order valence-corrected chi connectivity index (χ0v) is 13.6. The average molecular weight is 305 g/mol. The minimum atomic E-state index is 0.603. The molecule has 0 radical (unpaired) electrons. The number of aryl methyl sites for hydroxylation is 2. The van der Waals surface area contributed by atoms with Gasteiger partial charge in [0.1, 0.15) is 5.75 Å². The Kier molecular flexibility index (Phi) is 4.33. The summed E-state index contributed by atoms with van der Waals surface area (Å²) < 4.78 is 5.70. The summed E-state index contributed by atoms with van der Waals surface area (Å²) in [6.45, 7) is 6.51. The number of hydrogen-bond acceptors (Lipinski definition) is 4. The molecular formula is C19H19N3O. The molecule has 0 saturated heterocycles. The van der Waals surface area contributed by atoms with Crippen LogP contribution >= 0.6 is 0 Å². The molecule has 0 N–H and O–H groups in total. The van der Waals surface area contributed by atoms with Crippen LogP contribution in [0.1, 0.15) is 18.3 Å². The molecule has 116 valence electrons. The first kappa shape index (κ1) is 15.2. The number of nitrogens with zero attached hydrogens (tertiary/aromatic N) is 3. The fourth-order valence-corrected chi connectivity index (χ4v) is 2.39. The maximum Gasteiger partial charge on any atom is 0.123 e. The van der Waals surface area contributed by atoms with Crippen molar-refractivity contribution in [1.29, 1.82) is 0 Å². The fourth-order valence-electron chi connectivity index (χ4n) is 2.39. The Labute approximate surface area is 136 Å². The van der Waals surface area contributed by atoms with Gasteiger partial charge in [0.05, 0.1) is 29.4 Å². The minimum Gasteiger partial charge on any atom is -0.494 e. The van der Waals surface area contributed by atoms with Gasteiger partial charge in [-0.25, -0.2) is 4.98 Å². The van der Waals surface area contributed by atoms with Crippen LogP contribution < -0.4 is 4.74 Å². The molecular weight excluding hydrogens is 286 g/mol. The summed E-state index contributed by atoms with van der Waals surface area (Å²) in [6.07, 6.45) is 0. The van der Waals surface area contributed by atoms with E-state index in [0.717, 1.165) is 39.9 Å². The van der Waals surface area contributed by atoms with Crippen molar-refractivity contribution in [3.63, 3.8) is 0 Å². The van der Waals surface area contributed by atoms with Crippen molar-refractivity contribution in [2.45, 2.75) is 20.8 Å². The van der Waals surface area contributed by atoms with Gasteiger partial charge < -0.3 is 4.74 Å². The molecule has 4 nitrogen and oxygen atoms in total. The first-order valence-corrected chi connectivity index (χ1v) is 7.68. The standard InChI is InChI=1S/C19H19N3O/c1-4-23-15-11-18(16-9-5-7-13(2)20-16)22-19(12-15)17-10-6-8-14(3)21-17/h5-12H,4H2,1-3H3. The summed E-state index contributed by atoms with van der Waals surface area (Å²) in [5.41, 5.74) is 5.17. The lowest BCUT2D eigenvalue weighted by molar-refractivity contribution is 0.340. The Morgan fingerprint density at radius 1 is 0.739 bits per heavy atom. The lowest BCUT2D eigenvalue weighted by atomic mass is 10.1. The summed E-state index contributed by atoms with van der Waals surface area (Å²) >= 11 is 0. The molecule has 3 rings (SSSR count). The molecule has 0 saturated carbocycles. The van der Waals surface area contributed by atoms with E-state index in [2.05, 4.69) is 9.97 Å². The number of pyridine rings is 3. The summed E-state index contributed by atoms with van der Waals surface area (Å²) in [5, 5.41) is 0.